The van der Waals surface area contributed by atoms with E-state index in [2.05, 4.69) is 19.9 Å². The molecule has 1 aliphatic heterocycles. The van der Waals surface area contributed by atoms with Crippen LogP contribution in [0.1, 0.15) is 24.4 Å². The number of anilines is 1. The lowest BCUT2D eigenvalue weighted by Crippen LogP contribution is -2.24. The summed E-state index contributed by atoms with van der Waals surface area (Å²) in [6.07, 6.45) is 6.98. The SMILES string of the molecule is Fc1cccc(C2CCCN2c2ccc3ncc(-c4cccc(-c5ccncn5)n4)n3n2)c1. The molecule has 0 amide bonds. The van der Waals surface area contributed by atoms with Gasteiger partial charge in [-0.15, -0.1) is 5.10 Å². The predicted molar refractivity (Wildman–Crippen MR) is 123 cm³/mol. The number of hydrogen-bond acceptors (Lipinski definition) is 6. The summed E-state index contributed by atoms with van der Waals surface area (Å²) in [5.74, 6) is 0.620. The van der Waals surface area contributed by atoms with E-state index in [-0.39, 0.29) is 11.9 Å². The Kier molecular flexibility index (Phi) is 4.75. The highest BCUT2D eigenvalue weighted by atomic mass is 19.1. The molecule has 0 saturated carbocycles. The van der Waals surface area contributed by atoms with E-state index in [1.54, 1.807) is 24.5 Å². The van der Waals surface area contributed by atoms with Crippen LogP contribution in [0.3, 0.4) is 0 Å². The second kappa shape index (κ2) is 8.05. The van der Waals surface area contributed by atoms with Gasteiger partial charge >= 0.3 is 0 Å². The van der Waals surface area contributed by atoms with Crippen molar-refractivity contribution >= 4 is 11.5 Å². The zero-order chi connectivity index (χ0) is 22.2. The van der Waals surface area contributed by atoms with Crippen LogP contribution >= 0.6 is 0 Å². The molecule has 1 saturated heterocycles. The van der Waals surface area contributed by atoms with E-state index in [0.717, 1.165) is 59.2 Å². The molecule has 1 atom stereocenters. The number of aromatic nitrogens is 6. The standard InChI is InChI=1S/C25H20FN7/c26-18-5-1-4-17(14-18)22-8-3-13-32(22)25-10-9-24-28-15-23(33(24)31-25)21-7-2-6-20(30-21)19-11-12-27-16-29-19/h1-2,4-7,9-12,14-16,22H,3,8,13H2. The van der Waals surface area contributed by atoms with Gasteiger partial charge in [-0.1, -0.05) is 18.2 Å². The molecule has 1 fully saturated rings. The number of hydrogen-bond donors (Lipinski definition) is 0. The topological polar surface area (TPSA) is 72.1 Å². The summed E-state index contributed by atoms with van der Waals surface area (Å²) in [6, 6.07) is 18.5. The maximum absolute atomic E-state index is 13.9. The maximum Gasteiger partial charge on any atom is 0.154 e. The summed E-state index contributed by atoms with van der Waals surface area (Å²) >= 11 is 0. The Bertz CT molecular complexity index is 1430. The molecule has 1 unspecified atom stereocenters. The van der Waals surface area contributed by atoms with E-state index in [0.29, 0.717) is 0 Å². The Hall–Kier alpha value is -4.20. The predicted octanol–water partition coefficient (Wildman–Crippen LogP) is 4.73. The van der Waals surface area contributed by atoms with Gasteiger partial charge in [0.1, 0.15) is 23.7 Å². The minimum atomic E-state index is -0.214. The zero-order valence-corrected chi connectivity index (χ0v) is 17.7. The summed E-state index contributed by atoms with van der Waals surface area (Å²) in [6.45, 7) is 0.866. The van der Waals surface area contributed by atoms with E-state index < -0.39 is 0 Å². The Balaban J connectivity index is 1.39. The van der Waals surface area contributed by atoms with Gasteiger partial charge in [0, 0.05) is 12.7 Å². The molecular weight excluding hydrogens is 417 g/mol. The molecule has 0 radical (unpaired) electrons. The molecule has 162 valence electrons. The molecule has 0 N–H and O–H groups in total. The van der Waals surface area contributed by atoms with Crippen LogP contribution in [0.4, 0.5) is 10.2 Å². The summed E-state index contributed by atoms with van der Waals surface area (Å²) in [5.41, 5.74) is 4.77. The molecule has 1 aliphatic rings. The third-order valence-corrected chi connectivity index (χ3v) is 5.98. The van der Waals surface area contributed by atoms with Crippen molar-refractivity contribution in [2.24, 2.45) is 0 Å². The smallest absolute Gasteiger partial charge is 0.154 e. The van der Waals surface area contributed by atoms with Crippen LogP contribution in [0.25, 0.3) is 28.4 Å². The second-order valence-electron chi connectivity index (χ2n) is 8.01. The first kappa shape index (κ1) is 19.5. The molecule has 8 heteroatoms. The molecule has 4 aromatic heterocycles. The van der Waals surface area contributed by atoms with Crippen molar-refractivity contribution in [3.63, 3.8) is 0 Å². The van der Waals surface area contributed by atoms with Crippen molar-refractivity contribution in [3.05, 3.63) is 90.8 Å². The van der Waals surface area contributed by atoms with Gasteiger partial charge in [0.25, 0.3) is 0 Å². The molecule has 0 spiro atoms. The molecule has 6 rings (SSSR count). The van der Waals surface area contributed by atoms with Crippen LogP contribution in [-0.4, -0.2) is 36.1 Å². The van der Waals surface area contributed by atoms with Gasteiger partial charge in [0.15, 0.2) is 5.65 Å². The van der Waals surface area contributed by atoms with Gasteiger partial charge in [-0.25, -0.2) is 28.8 Å². The first-order valence-corrected chi connectivity index (χ1v) is 10.9. The summed E-state index contributed by atoms with van der Waals surface area (Å²) < 4.78 is 15.7. The lowest BCUT2D eigenvalue weighted by molar-refractivity contribution is 0.617. The Morgan fingerprint density at radius 3 is 2.70 bits per heavy atom. The van der Waals surface area contributed by atoms with Crippen molar-refractivity contribution in [1.82, 2.24) is 29.5 Å². The number of halogens is 1. The first-order valence-electron chi connectivity index (χ1n) is 10.9. The fourth-order valence-corrected chi connectivity index (χ4v) is 4.46. The molecule has 5 aromatic rings. The largest absolute Gasteiger partial charge is 0.348 e. The lowest BCUT2D eigenvalue weighted by Gasteiger charge is -2.26. The van der Waals surface area contributed by atoms with Gasteiger partial charge in [0.05, 0.1) is 29.3 Å². The summed E-state index contributed by atoms with van der Waals surface area (Å²) in [7, 11) is 0. The highest BCUT2D eigenvalue weighted by Gasteiger charge is 2.28. The van der Waals surface area contributed by atoms with E-state index >= 15 is 0 Å². The monoisotopic (exact) mass is 437 g/mol. The van der Waals surface area contributed by atoms with E-state index in [4.69, 9.17) is 10.1 Å². The van der Waals surface area contributed by atoms with Crippen molar-refractivity contribution in [3.8, 4) is 22.8 Å². The van der Waals surface area contributed by atoms with Gasteiger partial charge in [-0.3, -0.25) is 0 Å². The number of fused-ring (bicyclic) bond motifs is 1. The fraction of sp³-hybridized carbons (Fsp3) is 0.160. The van der Waals surface area contributed by atoms with Crippen LogP contribution in [-0.2, 0) is 0 Å². The van der Waals surface area contributed by atoms with Crippen molar-refractivity contribution in [2.45, 2.75) is 18.9 Å². The first-order chi connectivity index (χ1) is 16.3. The third-order valence-electron chi connectivity index (χ3n) is 5.98. The van der Waals surface area contributed by atoms with Crippen molar-refractivity contribution in [1.29, 1.82) is 0 Å². The fourth-order valence-electron chi connectivity index (χ4n) is 4.46. The molecule has 5 heterocycles. The second-order valence-corrected chi connectivity index (χ2v) is 8.01. The van der Waals surface area contributed by atoms with Crippen LogP contribution in [0.2, 0.25) is 0 Å². The van der Waals surface area contributed by atoms with E-state index in [1.165, 1.54) is 12.4 Å². The lowest BCUT2D eigenvalue weighted by atomic mass is 10.0. The minimum absolute atomic E-state index is 0.0943. The van der Waals surface area contributed by atoms with Crippen LogP contribution in [0.15, 0.2) is 79.4 Å². The number of benzene rings is 1. The van der Waals surface area contributed by atoms with E-state index in [9.17, 15) is 4.39 Å². The summed E-state index contributed by atoms with van der Waals surface area (Å²) in [5, 5.41) is 4.91. The number of rotatable bonds is 4. The highest BCUT2D eigenvalue weighted by molar-refractivity contribution is 5.64. The average Bonchev–Trinajstić information content (AvgIpc) is 3.52. The molecule has 1 aromatic carbocycles. The Morgan fingerprint density at radius 1 is 0.909 bits per heavy atom. The maximum atomic E-state index is 13.9. The van der Waals surface area contributed by atoms with Gasteiger partial charge in [0.2, 0.25) is 0 Å². The zero-order valence-electron chi connectivity index (χ0n) is 17.7. The van der Waals surface area contributed by atoms with Gasteiger partial charge in [-0.05, 0) is 60.9 Å². The Labute approximate surface area is 189 Å². The normalized spacial score (nSPS) is 15.9. The number of nitrogens with zero attached hydrogens (tertiary/aromatic N) is 7. The molecule has 33 heavy (non-hydrogen) atoms. The van der Waals surface area contributed by atoms with Crippen LogP contribution in [0, 0.1) is 5.82 Å². The van der Waals surface area contributed by atoms with Crippen molar-refractivity contribution in [2.75, 3.05) is 11.4 Å². The summed E-state index contributed by atoms with van der Waals surface area (Å²) in [4.78, 5) is 19.8. The quantitative estimate of drug-likeness (QED) is 0.405. The molecule has 7 nitrogen and oxygen atoms in total. The molecule has 0 bridgehead atoms. The van der Waals surface area contributed by atoms with Gasteiger partial charge in [-0.2, -0.15) is 0 Å². The molecular formula is C25H20FN7. The van der Waals surface area contributed by atoms with E-state index in [1.807, 2.05) is 47.0 Å². The third kappa shape index (κ3) is 3.59. The number of imidazole rings is 1. The van der Waals surface area contributed by atoms with Crippen molar-refractivity contribution < 1.29 is 4.39 Å². The average molecular weight is 437 g/mol. The van der Waals surface area contributed by atoms with Crippen LogP contribution < -0.4 is 4.90 Å². The molecule has 0 aliphatic carbocycles. The van der Waals surface area contributed by atoms with Crippen LogP contribution in [0.5, 0.6) is 0 Å². The van der Waals surface area contributed by atoms with Gasteiger partial charge < -0.3 is 4.90 Å². The number of pyridine rings is 1. The highest BCUT2D eigenvalue weighted by Crippen LogP contribution is 2.35. The minimum Gasteiger partial charge on any atom is -0.348 e. The Morgan fingerprint density at radius 2 is 1.82 bits per heavy atom.